The summed E-state index contributed by atoms with van der Waals surface area (Å²) in [5, 5.41) is 14.1. The van der Waals surface area contributed by atoms with Crippen LogP contribution in [0.4, 0.5) is 4.39 Å². The Kier molecular flexibility index (Phi) is 3.75. The maximum absolute atomic E-state index is 13.0. The summed E-state index contributed by atoms with van der Waals surface area (Å²) in [7, 11) is 0. The van der Waals surface area contributed by atoms with Crippen molar-refractivity contribution < 1.29 is 9.50 Å². The highest BCUT2D eigenvalue weighted by atomic mass is 32.1. The third kappa shape index (κ3) is 2.65. The predicted molar refractivity (Wildman–Crippen MR) is 62.2 cm³/mol. The fourth-order valence-electron chi connectivity index (χ4n) is 1.56. The van der Waals surface area contributed by atoms with E-state index < -0.39 is 11.9 Å². The first-order valence-corrected chi connectivity index (χ1v) is 6.09. The van der Waals surface area contributed by atoms with E-state index in [4.69, 9.17) is 0 Å². The maximum Gasteiger partial charge on any atom is 0.141 e. The molecule has 0 radical (unpaired) electrons. The van der Waals surface area contributed by atoms with Gasteiger partial charge in [-0.05, 0) is 24.0 Å². The van der Waals surface area contributed by atoms with Crippen LogP contribution in [0.3, 0.4) is 0 Å². The Bertz CT molecular complexity index is 503. The fraction of sp³-hybridized carbons (Fsp3) is 0.364. The Morgan fingerprint density at radius 2 is 2.29 bits per heavy atom. The molecule has 0 aliphatic carbocycles. The highest BCUT2D eigenvalue weighted by molar-refractivity contribution is 7.05. The summed E-state index contributed by atoms with van der Waals surface area (Å²) >= 11 is 1.14. The molecule has 2 aromatic heterocycles. The number of aromatic nitrogens is 3. The summed E-state index contributed by atoms with van der Waals surface area (Å²) in [6, 6.07) is 1.27. The molecule has 0 bridgehead atoms. The van der Waals surface area contributed by atoms with Crippen molar-refractivity contribution in [1.82, 2.24) is 14.6 Å². The molecule has 0 saturated carbocycles. The first-order valence-electron chi connectivity index (χ1n) is 5.32. The number of hydrogen-bond donors (Lipinski definition) is 1. The SMILES string of the molecule is CCCc1nnsc1C(O)c1cncc(F)c1. The molecule has 17 heavy (non-hydrogen) atoms. The minimum atomic E-state index is -0.903. The van der Waals surface area contributed by atoms with Gasteiger partial charge >= 0.3 is 0 Å². The molecule has 0 amide bonds. The average molecular weight is 253 g/mol. The molecule has 0 aromatic carbocycles. The third-order valence-corrected chi connectivity index (χ3v) is 3.18. The van der Waals surface area contributed by atoms with Crippen molar-refractivity contribution in [2.45, 2.75) is 25.9 Å². The van der Waals surface area contributed by atoms with Crippen LogP contribution in [-0.2, 0) is 6.42 Å². The molecule has 0 spiro atoms. The van der Waals surface area contributed by atoms with Crippen LogP contribution in [-0.4, -0.2) is 19.7 Å². The summed E-state index contributed by atoms with van der Waals surface area (Å²) in [5.41, 5.74) is 1.20. The molecule has 0 aliphatic rings. The number of hydrogen-bond acceptors (Lipinski definition) is 5. The lowest BCUT2D eigenvalue weighted by Crippen LogP contribution is -2.02. The van der Waals surface area contributed by atoms with Crippen molar-refractivity contribution in [2.24, 2.45) is 0 Å². The van der Waals surface area contributed by atoms with Crippen LogP contribution >= 0.6 is 11.5 Å². The van der Waals surface area contributed by atoms with Crippen LogP contribution in [0.5, 0.6) is 0 Å². The Morgan fingerprint density at radius 1 is 1.47 bits per heavy atom. The van der Waals surface area contributed by atoms with Gasteiger partial charge in [0, 0.05) is 11.8 Å². The molecule has 6 heteroatoms. The largest absolute Gasteiger partial charge is 0.383 e. The second kappa shape index (κ2) is 5.29. The van der Waals surface area contributed by atoms with E-state index in [0.717, 1.165) is 36.3 Å². The number of pyridine rings is 1. The number of halogens is 1. The molecule has 2 heterocycles. The third-order valence-electron chi connectivity index (χ3n) is 2.36. The van der Waals surface area contributed by atoms with E-state index in [9.17, 15) is 9.50 Å². The lowest BCUT2D eigenvalue weighted by atomic mass is 10.1. The van der Waals surface area contributed by atoms with Crippen LogP contribution in [0, 0.1) is 5.82 Å². The van der Waals surface area contributed by atoms with E-state index in [1.807, 2.05) is 6.92 Å². The van der Waals surface area contributed by atoms with Crippen LogP contribution in [0.25, 0.3) is 0 Å². The Balaban J connectivity index is 2.30. The topological polar surface area (TPSA) is 58.9 Å². The van der Waals surface area contributed by atoms with E-state index in [1.165, 1.54) is 12.3 Å². The molecular weight excluding hydrogens is 241 g/mol. The fourth-order valence-corrected chi connectivity index (χ4v) is 2.27. The van der Waals surface area contributed by atoms with Crippen LogP contribution in [0.2, 0.25) is 0 Å². The highest BCUT2D eigenvalue weighted by Crippen LogP contribution is 2.27. The molecule has 0 fully saturated rings. The zero-order chi connectivity index (χ0) is 12.3. The van der Waals surface area contributed by atoms with Crippen LogP contribution in [0.15, 0.2) is 18.5 Å². The highest BCUT2D eigenvalue weighted by Gasteiger charge is 2.18. The number of nitrogens with zero attached hydrogens (tertiary/aromatic N) is 3. The van der Waals surface area contributed by atoms with Gasteiger partial charge in [-0.15, -0.1) is 5.10 Å². The second-order valence-electron chi connectivity index (χ2n) is 3.67. The van der Waals surface area contributed by atoms with Gasteiger partial charge in [0.2, 0.25) is 0 Å². The molecule has 0 saturated heterocycles. The quantitative estimate of drug-likeness (QED) is 0.906. The van der Waals surface area contributed by atoms with Gasteiger partial charge in [0.15, 0.2) is 0 Å². The van der Waals surface area contributed by atoms with E-state index in [2.05, 4.69) is 14.6 Å². The summed E-state index contributed by atoms with van der Waals surface area (Å²) in [5.74, 6) is -0.462. The van der Waals surface area contributed by atoms with Gasteiger partial charge in [-0.2, -0.15) is 0 Å². The predicted octanol–water partition coefficient (Wildman–Crippen LogP) is 2.11. The monoisotopic (exact) mass is 253 g/mol. The molecule has 4 nitrogen and oxygen atoms in total. The smallest absolute Gasteiger partial charge is 0.141 e. The standard InChI is InChI=1S/C11H12FN3OS/c1-2-3-9-11(17-15-14-9)10(16)7-4-8(12)6-13-5-7/h4-6,10,16H,2-3H2,1H3. The normalized spacial score (nSPS) is 12.6. The summed E-state index contributed by atoms with van der Waals surface area (Å²) in [6.07, 6.45) is 3.33. The molecule has 1 N–H and O–H groups in total. The van der Waals surface area contributed by atoms with Gasteiger partial charge in [-0.3, -0.25) is 4.98 Å². The molecule has 2 rings (SSSR count). The van der Waals surface area contributed by atoms with Crippen molar-refractivity contribution >= 4 is 11.5 Å². The van der Waals surface area contributed by atoms with Crippen molar-refractivity contribution in [1.29, 1.82) is 0 Å². The number of aryl methyl sites for hydroxylation is 1. The lowest BCUT2D eigenvalue weighted by Gasteiger charge is -2.09. The molecular formula is C11H12FN3OS. The minimum absolute atomic E-state index is 0.424. The minimum Gasteiger partial charge on any atom is -0.383 e. The van der Waals surface area contributed by atoms with Gasteiger partial charge in [-0.1, -0.05) is 17.8 Å². The first kappa shape index (κ1) is 12.1. The van der Waals surface area contributed by atoms with E-state index in [0.29, 0.717) is 10.4 Å². The molecule has 90 valence electrons. The zero-order valence-corrected chi connectivity index (χ0v) is 10.1. The second-order valence-corrected chi connectivity index (χ2v) is 4.46. The first-order chi connectivity index (χ1) is 8.22. The molecule has 2 aromatic rings. The lowest BCUT2D eigenvalue weighted by molar-refractivity contribution is 0.221. The number of rotatable bonds is 4. The zero-order valence-electron chi connectivity index (χ0n) is 9.30. The van der Waals surface area contributed by atoms with Gasteiger partial charge in [0.05, 0.1) is 16.8 Å². The van der Waals surface area contributed by atoms with Crippen LogP contribution in [0.1, 0.15) is 35.6 Å². The Hall–Kier alpha value is -1.40. The van der Waals surface area contributed by atoms with E-state index in [1.54, 1.807) is 0 Å². The van der Waals surface area contributed by atoms with Crippen LogP contribution < -0.4 is 0 Å². The van der Waals surface area contributed by atoms with E-state index in [-0.39, 0.29) is 0 Å². The van der Waals surface area contributed by atoms with Crippen molar-refractivity contribution in [3.8, 4) is 0 Å². The molecule has 0 aliphatic heterocycles. The van der Waals surface area contributed by atoms with Gasteiger partial charge in [0.1, 0.15) is 11.9 Å². The van der Waals surface area contributed by atoms with Gasteiger partial charge in [-0.25, -0.2) is 4.39 Å². The summed E-state index contributed by atoms with van der Waals surface area (Å²) < 4.78 is 16.8. The number of aliphatic hydroxyl groups excluding tert-OH is 1. The Labute approximate surface area is 102 Å². The van der Waals surface area contributed by atoms with Crippen molar-refractivity contribution in [3.05, 3.63) is 40.4 Å². The maximum atomic E-state index is 13.0. The molecule has 1 atom stereocenters. The van der Waals surface area contributed by atoms with E-state index >= 15 is 0 Å². The van der Waals surface area contributed by atoms with Crippen molar-refractivity contribution in [2.75, 3.05) is 0 Å². The van der Waals surface area contributed by atoms with Gasteiger partial charge in [0.25, 0.3) is 0 Å². The Morgan fingerprint density at radius 3 is 3.00 bits per heavy atom. The average Bonchev–Trinajstić information content (AvgIpc) is 2.77. The molecule has 1 unspecified atom stereocenters. The summed E-state index contributed by atoms with van der Waals surface area (Å²) in [6.45, 7) is 2.03. The van der Waals surface area contributed by atoms with Crippen molar-refractivity contribution in [3.63, 3.8) is 0 Å². The summed E-state index contributed by atoms with van der Waals surface area (Å²) in [4.78, 5) is 4.39. The number of aliphatic hydroxyl groups is 1. The van der Waals surface area contributed by atoms with Gasteiger partial charge < -0.3 is 5.11 Å².